The van der Waals surface area contributed by atoms with Gasteiger partial charge in [0.15, 0.2) is 0 Å². The molecule has 0 fully saturated rings. The number of aryl methyl sites for hydroxylation is 3. The summed E-state index contributed by atoms with van der Waals surface area (Å²) in [5.74, 6) is 1.03. The molecular weight excluding hydrogens is 350 g/mol. The number of aromatic nitrogens is 1. The second kappa shape index (κ2) is 8.08. The molecule has 144 valence electrons. The first-order valence-electron chi connectivity index (χ1n) is 9.22. The van der Waals surface area contributed by atoms with Crippen molar-refractivity contribution in [1.82, 2.24) is 10.5 Å². The van der Waals surface area contributed by atoms with Crippen molar-refractivity contribution in [3.63, 3.8) is 0 Å². The average Bonchev–Trinajstić information content (AvgIpc) is 3.03. The first-order valence-corrected chi connectivity index (χ1v) is 9.22. The minimum absolute atomic E-state index is 0.209. The first-order chi connectivity index (χ1) is 13.5. The van der Waals surface area contributed by atoms with E-state index in [4.69, 9.17) is 15.3 Å². The van der Waals surface area contributed by atoms with Gasteiger partial charge in [0.2, 0.25) is 0 Å². The maximum absolute atomic E-state index is 7.91. The normalized spacial score (nSPS) is 10.6. The molecule has 2 aromatic carbocycles. The van der Waals surface area contributed by atoms with Crippen LogP contribution in [-0.4, -0.2) is 23.9 Å². The van der Waals surface area contributed by atoms with E-state index < -0.39 is 0 Å². The van der Waals surface area contributed by atoms with Crippen molar-refractivity contribution in [3.8, 4) is 11.1 Å². The lowest BCUT2D eigenvalue weighted by atomic mass is 10.0. The Morgan fingerprint density at radius 1 is 1.14 bits per heavy atom. The van der Waals surface area contributed by atoms with Crippen LogP contribution < -0.4 is 10.2 Å². The van der Waals surface area contributed by atoms with E-state index in [9.17, 15) is 0 Å². The molecule has 3 rings (SSSR count). The van der Waals surface area contributed by atoms with Gasteiger partial charge in [0.1, 0.15) is 11.6 Å². The van der Waals surface area contributed by atoms with Gasteiger partial charge in [0, 0.05) is 29.0 Å². The van der Waals surface area contributed by atoms with E-state index in [1.807, 2.05) is 38.1 Å². The van der Waals surface area contributed by atoms with Gasteiger partial charge in [-0.25, -0.2) is 0 Å². The number of anilines is 2. The maximum Gasteiger partial charge on any atom is 0.141 e. The first kappa shape index (κ1) is 19.4. The summed E-state index contributed by atoms with van der Waals surface area (Å²) in [6, 6.07) is 14.2. The highest BCUT2D eigenvalue weighted by Crippen LogP contribution is 2.34. The van der Waals surface area contributed by atoms with Gasteiger partial charge in [0.05, 0.1) is 12.0 Å². The lowest BCUT2D eigenvalue weighted by molar-refractivity contribution is 0.393. The molecular formula is C22H25N5O. The van der Waals surface area contributed by atoms with E-state index in [0.29, 0.717) is 0 Å². The number of amidine groups is 1. The molecule has 1 aromatic heterocycles. The molecule has 0 aliphatic carbocycles. The van der Waals surface area contributed by atoms with Gasteiger partial charge in [-0.3, -0.25) is 10.8 Å². The van der Waals surface area contributed by atoms with Gasteiger partial charge in [0.25, 0.3) is 0 Å². The number of rotatable bonds is 6. The second-order valence-corrected chi connectivity index (χ2v) is 6.66. The Bertz CT molecular complexity index is 985. The van der Waals surface area contributed by atoms with E-state index in [0.717, 1.165) is 52.4 Å². The van der Waals surface area contributed by atoms with Crippen molar-refractivity contribution in [1.29, 1.82) is 10.8 Å². The highest BCUT2D eigenvalue weighted by Gasteiger charge is 2.16. The average molecular weight is 375 g/mol. The third-order valence-corrected chi connectivity index (χ3v) is 4.82. The smallest absolute Gasteiger partial charge is 0.141 e. The molecule has 3 N–H and O–H groups in total. The van der Waals surface area contributed by atoms with E-state index in [-0.39, 0.29) is 5.84 Å². The molecule has 28 heavy (non-hydrogen) atoms. The van der Waals surface area contributed by atoms with Crippen LogP contribution in [0.4, 0.5) is 11.4 Å². The predicted molar refractivity (Wildman–Crippen MR) is 114 cm³/mol. The van der Waals surface area contributed by atoms with Gasteiger partial charge in [-0.15, -0.1) is 0 Å². The molecule has 0 amide bonds. The molecule has 0 spiro atoms. The van der Waals surface area contributed by atoms with Gasteiger partial charge < -0.3 is 14.7 Å². The third kappa shape index (κ3) is 3.67. The Hall–Kier alpha value is -3.41. The number of benzene rings is 2. The van der Waals surface area contributed by atoms with E-state index in [2.05, 4.69) is 47.4 Å². The fourth-order valence-corrected chi connectivity index (χ4v) is 3.41. The third-order valence-electron chi connectivity index (χ3n) is 4.82. The van der Waals surface area contributed by atoms with Crippen LogP contribution in [0.1, 0.15) is 29.5 Å². The minimum Gasteiger partial charge on any atom is -0.361 e. The highest BCUT2D eigenvalue weighted by molar-refractivity contribution is 6.02. The van der Waals surface area contributed by atoms with Crippen LogP contribution in [-0.2, 0) is 0 Å². The Balaban J connectivity index is 2.00. The Kier molecular flexibility index (Phi) is 5.59. The summed E-state index contributed by atoms with van der Waals surface area (Å²) in [6.45, 7) is 8.92. The maximum atomic E-state index is 7.91. The fourth-order valence-electron chi connectivity index (χ4n) is 3.41. The zero-order chi connectivity index (χ0) is 20.3. The highest BCUT2D eigenvalue weighted by atomic mass is 16.5. The second-order valence-electron chi connectivity index (χ2n) is 6.66. The van der Waals surface area contributed by atoms with E-state index in [1.54, 1.807) is 0 Å². The van der Waals surface area contributed by atoms with Crippen LogP contribution >= 0.6 is 0 Å². The van der Waals surface area contributed by atoms with Crippen LogP contribution in [0, 0.1) is 31.6 Å². The summed E-state index contributed by atoms with van der Waals surface area (Å²) in [5, 5.41) is 21.7. The standard InChI is InChI=1S/C22H25N5O/c1-5-27(19-10-8-17(9-11-19)22(24)25-13-23)20-12-18(7-6-14(20)2)21-15(3)26-28-16(21)4/h6-13H,5H2,1-4H3,(H3,23,24,25). The summed E-state index contributed by atoms with van der Waals surface area (Å²) in [4.78, 5) is 2.24. The topological polar surface area (TPSA) is 89.0 Å². The molecule has 0 aliphatic heterocycles. The zero-order valence-corrected chi connectivity index (χ0v) is 16.6. The Morgan fingerprint density at radius 3 is 2.43 bits per heavy atom. The van der Waals surface area contributed by atoms with Crippen LogP contribution in [0.25, 0.3) is 11.1 Å². The van der Waals surface area contributed by atoms with Crippen LogP contribution in [0.5, 0.6) is 0 Å². The Morgan fingerprint density at radius 2 is 1.86 bits per heavy atom. The number of hydrogen-bond donors (Lipinski definition) is 3. The predicted octanol–water partition coefficient (Wildman–Crippen LogP) is 4.95. The van der Waals surface area contributed by atoms with Crippen LogP contribution in [0.3, 0.4) is 0 Å². The van der Waals surface area contributed by atoms with Crippen molar-refractivity contribution in [2.75, 3.05) is 11.4 Å². The molecule has 0 atom stereocenters. The largest absolute Gasteiger partial charge is 0.361 e. The summed E-state index contributed by atoms with van der Waals surface area (Å²) in [6.07, 6.45) is 1.01. The molecule has 0 radical (unpaired) electrons. The summed E-state index contributed by atoms with van der Waals surface area (Å²) >= 11 is 0. The number of hydrogen-bond acceptors (Lipinski definition) is 5. The minimum atomic E-state index is 0.209. The fraction of sp³-hybridized carbons (Fsp3) is 0.227. The number of nitrogens with one attached hydrogen (secondary N) is 3. The van der Waals surface area contributed by atoms with Crippen molar-refractivity contribution in [2.45, 2.75) is 27.7 Å². The van der Waals surface area contributed by atoms with Gasteiger partial charge in [-0.1, -0.05) is 17.3 Å². The lowest BCUT2D eigenvalue weighted by Crippen LogP contribution is -2.21. The Labute approximate surface area is 165 Å². The number of nitrogens with zero attached hydrogens (tertiary/aromatic N) is 2. The van der Waals surface area contributed by atoms with E-state index >= 15 is 0 Å². The van der Waals surface area contributed by atoms with Crippen LogP contribution in [0.15, 0.2) is 47.0 Å². The quantitative estimate of drug-likeness (QED) is 0.420. The molecule has 0 bridgehead atoms. The molecule has 0 saturated carbocycles. The van der Waals surface area contributed by atoms with E-state index in [1.165, 1.54) is 5.56 Å². The molecule has 6 nitrogen and oxygen atoms in total. The van der Waals surface area contributed by atoms with Crippen molar-refractivity contribution < 1.29 is 4.52 Å². The molecule has 6 heteroatoms. The summed E-state index contributed by atoms with van der Waals surface area (Å²) < 4.78 is 5.34. The van der Waals surface area contributed by atoms with Crippen LogP contribution in [0.2, 0.25) is 0 Å². The zero-order valence-electron chi connectivity index (χ0n) is 16.6. The van der Waals surface area contributed by atoms with Gasteiger partial charge >= 0.3 is 0 Å². The summed E-state index contributed by atoms with van der Waals surface area (Å²) in [5.41, 5.74) is 7.11. The van der Waals surface area contributed by atoms with Gasteiger partial charge in [-0.05, 0) is 69.2 Å². The molecule has 1 heterocycles. The molecule has 3 aromatic rings. The van der Waals surface area contributed by atoms with Gasteiger partial charge in [-0.2, -0.15) is 0 Å². The molecule has 0 aliphatic rings. The SMILES string of the molecule is CCN(c1ccc(C(=N)NC=N)cc1)c1cc(-c2c(C)noc2C)ccc1C. The van der Waals surface area contributed by atoms with Crippen molar-refractivity contribution >= 4 is 23.5 Å². The van der Waals surface area contributed by atoms with Crippen molar-refractivity contribution in [3.05, 3.63) is 65.0 Å². The lowest BCUT2D eigenvalue weighted by Gasteiger charge is -2.26. The molecule has 0 unspecified atom stereocenters. The summed E-state index contributed by atoms with van der Waals surface area (Å²) in [7, 11) is 0. The van der Waals surface area contributed by atoms with Crippen molar-refractivity contribution in [2.24, 2.45) is 0 Å². The molecule has 0 saturated heterocycles. The monoisotopic (exact) mass is 375 g/mol.